The van der Waals surface area contributed by atoms with Gasteiger partial charge in [0.25, 0.3) is 0 Å². The molecule has 0 amide bonds. The summed E-state index contributed by atoms with van der Waals surface area (Å²) in [6.45, 7) is 6.13. The predicted molar refractivity (Wildman–Crippen MR) is 68.2 cm³/mol. The van der Waals surface area contributed by atoms with Crippen LogP contribution in [0.2, 0.25) is 0 Å². The second-order valence-corrected chi connectivity index (χ2v) is 4.40. The van der Waals surface area contributed by atoms with Gasteiger partial charge in [-0.3, -0.25) is 0 Å². The maximum absolute atomic E-state index is 12.9. The Kier molecular flexibility index (Phi) is 5.59. The topological polar surface area (TPSA) is 35.2 Å². The van der Waals surface area contributed by atoms with E-state index in [1.54, 1.807) is 12.1 Å². The van der Waals surface area contributed by atoms with Gasteiger partial charge in [-0.05, 0) is 37.5 Å². The number of rotatable bonds is 6. The van der Waals surface area contributed by atoms with E-state index in [9.17, 15) is 4.39 Å². The second-order valence-electron chi connectivity index (χ2n) is 4.40. The molecular formula is C14H22FNO. The summed E-state index contributed by atoms with van der Waals surface area (Å²) in [5, 5.41) is 0. The Morgan fingerprint density at radius 1 is 1.18 bits per heavy atom. The monoisotopic (exact) mass is 239 g/mol. The Morgan fingerprint density at radius 3 is 2.24 bits per heavy atom. The molecule has 3 heteroatoms. The molecule has 2 N–H and O–H groups in total. The van der Waals surface area contributed by atoms with Crippen LogP contribution in [-0.4, -0.2) is 12.1 Å². The molecule has 1 aromatic carbocycles. The van der Waals surface area contributed by atoms with Crippen LogP contribution in [0.5, 0.6) is 0 Å². The summed E-state index contributed by atoms with van der Waals surface area (Å²) in [4.78, 5) is 0. The second kappa shape index (κ2) is 6.72. The van der Waals surface area contributed by atoms with Crippen LogP contribution >= 0.6 is 0 Å². The molecule has 0 radical (unpaired) electrons. The lowest BCUT2D eigenvalue weighted by atomic mass is 10.0. The fraction of sp³-hybridized carbons (Fsp3) is 0.571. The summed E-state index contributed by atoms with van der Waals surface area (Å²) in [6.07, 6.45) is 1.77. The maximum atomic E-state index is 12.9. The highest BCUT2D eigenvalue weighted by Gasteiger charge is 2.21. The lowest BCUT2D eigenvalue weighted by molar-refractivity contribution is -0.0197. The zero-order valence-corrected chi connectivity index (χ0v) is 10.8. The molecular weight excluding hydrogens is 217 g/mol. The Morgan fingerprint density at radius 2 is 1.76 bits per heavy atom. The molecule has 0 aromatic heterocycles. The fourth-order valence-electron chi connectivity index (χ4n) is 1.64. The quantitative estimate of drug-likeness (QED) is 0.825. The predicted octanol–water partition coefficient (Wildman–Crippen LogP) is 3.42. The van der Waals surface area contributed by atoms with E-state index in [0.717, 1.165) is 18.4 Å². The summed E-state index contributed by atoms with van der Waals surface area (Å²) in [5.41, 5.74) is 7.02. The molecule has 0 saturated heterocycles. The Labute approximate surface area is 103 Å². The smallest absolute Gasteiger partial charge is 0.123 e. The van der Waals surface area contributed by atoms with Gasteiger partial charge in [-0.15, -0.1) is 0 Å². The molecule has 0 saturated carbocycles. The average Bonchev–Trinajstić information content (AvgIpc) is 2.36. The minimum Gasteiger partial charge on any atom is -0.369 e. The molecule has 0 fully saturated rings. The summed E-state index contributed by atoms with van der Waals surface area (Å²) in [5.74, 6) is -0.235. The summed E-state index contributed by atoms with van der Waals surface area (Å²) >= 11 is 0. The Bertz CT molecular complexity index is 325. The van der Waals surface area contributed by atoms with Crippen molar-refractivity contribution in [2.24, 2.45) is 5.73 Å². The highest BCUT2D eigenvalue weighted by atomic mass is 19.1. The van der Waals surface area contributed by atoms with E-state index in [-0.39, 0.29) is 24.1 Å². The molecule has 2 nitrogen and oxygen atoms in total. The van der Waals surface area contributed by atoms with Crippen LogP contribution in [0.4, 0.5) is 4.39 Å². The lowest BCUT2D eigenvalue weighted by Gasteiger charge is -2.27. The van der Waals surface area contributed by atoms with Gasteiger partial charge in [0.2, 0.25) is 0 Å². The van der Waals surface area contributed by atoms with Crippen LogP contribution in [0.15, 0.2) is 24.3 Å². The van der Waals surface area contributed by atoms with E-state index >= 15 is 0 Å². The van der Waals surface area contributed by atoms with Crippen molar-refractivity contribution < 1.29 is 9.13 Å². The fourth-order valence-corrected chi connectivity index (χ4v) is 1.64. The molecule has 0 heterocycles. The summed E-state index contributed by atoms with van der Waals surface area (Å²) < 4.78 is 18.8. The average molecular weight is 239 g/mol. The van der Waals surface area contributed by atoms with Crippen molar-refractivity contribution in [2.75, 3.05) is 0 Å². The molecule has 0 bridgehead atoms. The molecule has 0 aliphatic heterocycles. The van der Waals surface area contributed by atoms with Crippen LogP contribution < -0.4 is 5.73 Å². The van der Waals surface area contributed by atoms with E-state index in [2.05, 4.69) is 6.92 Å². The van der Waals surface area contributed by atoms with E-state index in [0.29, 0.717) is 0 Å². The molecule has 1 aromatic rings. The first kappa shape index (κ1) is 14.1. The first-order chi connectivity index (χ1) is 8.08. The highest BCUT2D eigenvalue weighted by Crippen LogP contribution is 2.24. The lowest BCUT2D eigenvalue weighted by Crippen LogP contribution is -2.31. The van der Waals surface area contributed by atoms with Gasteiger partial charge in [0, 0.05) is 6.04 Å². The van der Waals surface area contributed by atoms with Gasteiger partial charge in [-0.2, -0.15) is 0 Å². The van der Waals surface area contributed by atoms with Crippen molar-refractivity contribution >= 4 is 0 Å². The Balaban J connectivity index is 2.85. The van der Waals surface area contributed by atoms with Gasteiger partial charge in [0.05, 0.1) is 12.2 Å². The maximum Gasteiger partial charge on any atom is 0.123 e. The van der Waals surface area contributed by atoms with Gasteiger partial charge in [-0.1, -0.05) is 26.0 Å². The number of ether oxygens (including phenoxy) is 1. The molecule has 1 rings (SSSR count). The van der Waals surface area contributed by atoms with Crippen molar-refractivity contribution in [3.05, 3.63) is 35.6 Å². The van der Waals surface area contributed by atoms with Gasteiger partial charge in [0.1, 0.15) is 5.82 Å². The standard InChI is InChI=1S/C14H22FNO/c1-4-10(3)17-14(13(16)5-2)11-6-8-12(15)9-7-11/h6-10,13-14H,4-5,16H2,1-3H3. The largest absolute Gasteiger partial charge is 0.369 e. The van der Waals surface area contributed by atoms with Crippen LogP contribution in [0, 0.1) is 5.82 Å². The van der Waals surface area contributed by atoms with Crippen LogP contribution in [0.3, 0.4) is 0 Å². The van der Waals surface area contributed by atoms with E-state index < -0.39 is 0 Å². The number of halogens is 1. The third-order valence-electron chi connectivity index (χ3n) is 3.01. The third kappa shape index (κ3) is 4.10. The molecule has 0 aliphatic rings. The van der Waals surface area contributed by atoms with Gasteiger partial charge >= 0.3 is 0 Å². The molecule has 3 unspecified atom stereocenters. The Hall–Kier alpha value is -0.930. The molecule has 3 atom stereocenters. The highest BCUT2D eigenvalue weighted by molar-refractivity contribution is 5.20. The first-order valence-corrected chi connectivity index (χ1v) is 6.25. The van der Waals surface area contributed by atoms with Crippen molar-refractivity contribution in [3.8, 4) is 0 Å². The zero-order chi connectivity index (χ0) is 12.8. The van der Waals surface area contributed by atoms with E-state index in [4.69, 9.17) is 10.5 Å². The minimum absolute atomic E-state index is 0.0607. The van der Waals surface area contributed by atoms with Crippen LogP contribution in [-0.2, 0) is 4.74 Å². The summed E-state index contributed by atoms with van der Waals surface area (Å²) in [6, 6.07) is 6.33. The van der Waals surface area contributed by atoms with E-state index in [1.807, 2.05) is 13.8 Å². The van der Waals surface area contributed by atoms with Crippen molar-refractivity contribution in [2.45, 2.75) is 51.9 Å². The molecule has 96 valence electrons. The SMILES string of the molecule is CCC(C)OC(c1ccc(F)cc1)C(N)CC. The van der Waals surface area contributed by atoms with Crippen LogP contribution in [0.1, 0.15) is 45.3 Å². The van der Waals surface area contributed by atoms with Crippen molar-refractivity contribution in [3.63, 3.8) is 0 Å². The normalized spacial score (nSPS) is 16.5. The van der Waals surface area contributed by atoms with Gasteiger partial charge < -0.3 is 10.5 Å². The van der Waals surface area contributed by atoms with Crippen LogP contribution in [0.25, 0.3) is 0 Å². The summed E-state index contributed by atoms with van der Waals surface area (Å²) in [7, 11) is 0. The number of hydrogen-bond donors (Lipinski definition) is 1. The van der Waals surface area contributed by atoms with Crippen molar-refractivity contribution in [1.29, 1.82) is 0 Å². The number of benzene rings is 1. The van der Waals surface area contributed by atoms with Gasteiger partial charge in [-0.25, -0.2) is 4.39 Å². The van der Waals surface area contributed by atoms with Gasteiger partial charge in [0.15, 0.2) is 0 Å². The molecule has 0 spiro atoms. The van der Waals surface area contributed by atoms with Crippen molar-refractivity contribution in [1.82, 2.24) is 0 Å². The minimum atomic E-state index is -0.235. The molecule has 0 aliphatic carbocycles. The zero-order valence-electron chi connectivity index (χ0n) is 10.8. The number of hydrogen-bond acceptors (Lipinski definition) is 2. The van der Waals surface area contributed by atoms with E-state index in [1.165, 1.54) is 12.1 Å². The number of nitrogens with two attached hydrogens (primary N) is 1. The third-order valence-corrected chi connectivity index (χ3v) is 3.01. The first-order valence-electron chi connectivity index (χ1n) is 6.25. The molecule has 17 heavy (non-hydrogen) atoms.